The third kappa shape index (κ3) is 6.38. The molecule has 2 aromatic rings. The van der Waals surface area contributed by atoms with Gasteiger partial charge in [0.15, 0.2) is 0 Å². The van der Waals surface area contributed by atoms with E-state index < -0.39 is 9.04 Å². The quantitative estimate of drug-likeness (QED) is 0.221. The number of carbonyl (C=O) groups excluding carboxylic acids is 1. The summed E-state index contributed by atoms with van der Waals surface area (Å²) in [6.07, 6.45) is 15.4. The predicted octanol–water partition coefficient (Wildman–Crippen LogP) is 11.3. The van der Waals surface area contributed by atoms with Gasteiger partial charge in [-0.1, -0.05) is 66.5 Å². The number of nitrogens with zero attached hydrogens (tertiary/aromatic N) is 1. The molecule has 3 saturated carbocycles. The predicted molar refractivity (Wildman–Crippen MR) is 191 cm³/mol. The van der Waals surface area contributed by atoms with Crippen molar-refractivity contribution in [2.45, 2.75) is 156 Å². The molecule has 1 radical (unpaired) electrons. The maximum atomic E-state index is 13.1. The minimum Gasteiger partial charge on any atom is -0.412 e. The van der Waals surface area contributed by atoms with Crippen LogP contribution in [0.3, 0.4) is 0 Å². The molecule has 4 aliphatic carbocycles. The second-order valence-corrected chi connectivity index (χ2v) is 21.2. The van der Waals surface area contributed by atoms with Gasteiger partial charge in [0.2, 0.25) is 14.9 Å². The van der Waals surface area contributed by atoms with E-state index in [1.807, 2.05) is 0 Å². The second-order valence-electron chi connectivity index (χ2n) is 17.6. The highest BCUT2D eigenvalue weighted by Gasteiger charge is 2.59. The van der Waals surface area contributed by atoms with Crippen molar-refractivity contribution in [3.63, 3.8) is 0 Å². The van der Waals surface area contributed by atoms with E-state index in [-0.39, 0.29) is 16.4 Å². The first-order chi connectivity index (χ1) is 21.2. The summed E-state index contributed by atoms with van der Waals surface area (Å²) in [6, 6.07) is 9.24. The Balaban J connectivity index is 1.08. The molecule has 3 fully saturated rings. The van der Waals surface area contributed by atoms with E-state index >= 15 is 0 Å². The molecular weight excluding hydrogens is 569 g/mol. The topological polar surface area (TPSA) is 43.3 Å². The lowest BCUT2D eigenvalue weighted by Crippen LogP contribution is -2.58. The molecule has 0 aliphatic heterocycles. The standard InChI is InChI=1S/C40H61N2O2Si/c1-26(2)45(38(4,5)6)44-36-21-23-40(9)33-18-13-27(3)31(32(33)17-20-35(40)39(36,7)8)11-10-12-37(43)41-29-14-19-34-28(25-29)22-24-42(34)30-15-16-30/h14,19,22,24-26,30,32-33,35-36H,10-13,15-18,20-21,23H2,1-9H3,(H,41,43)/t32-,33-,35-,36-,40+/m0/s1. The Morgan fingerprint density at radius 3 is 2.51 bits per heavy atom. The average Bonchev–Trinajstić information content (AvgIpc) is 3.71. The van der Waals surface area contributed by atoms with Crippen LogP contribution < -0.4 is 5.32 Å². The van der Waals surface area contributed by atoms with Crippen LogP contribution in [0.25, 0.3) is 10.9 Å². The summed E-state index contributed by atoms with van der Waals surface area (Å²) in [4.78, 5) is 13.1. The van der Waals surface area contributed by atoms with Gasteiger partial charge in [-0.2, -0.15) is 0 Å². The number of aromatic nitrogens is 1. The van der Waals surface area contributed by atoms with Gasteiger partial charge < -0.3 is 14.3 Å². The van der Waals surface area contributed by atoms with Crippen molar-refractivity contribution in [1.29, 1.82) is 0 Å². The van der Waals surface area contributed by atoms with Crippen molar-refractivity contribution in [1.82, 2.24) is 4.57 Å². The summed E-state index contributed by atoms with van der Waals surface area (Å²) < 4.78 is 9.59. The van der Waals surface area contributed by atoms with Crippen molar-refractivity contribution >= 4 is 31.5 Å². The number of allylic oxidation sites excluding steroid dienone is 2. The van der Waals surface area contributed by atoms with Crippen LogP contribution in [0.1, 0.15) is 139 Å². The molecule has 5 atom stereocenters. The zero-order valence-electron chi connectivity index (χ0n) is 29.9. The smallest absolute Gasteiger partial charge is 0.224 e. The van der Waals surface area contributed by atoms with Gasteiger partial charge in [-0.25, -0.2) is 0 Å². The number of rotatable bonds is 9. The van der Waals surface area contributed by atoms with Crippen LogP contribution in [0, 0.1) is 28.6 Å². The minimum atomic E-state index is -0.930. The van der Waals surface area contributed by atoms with E-state index in [4.69, 9.17) is 4.43 Å². The Morgan fingerprint density at radius 1 is 1.07 bits per heavy atom. The van der Waals surface area contributed by atoms with E-state index in [1.54, 1.807) is 11.1 Å². The number of hydrogen-bond donors (Lipinski definition) is 1. The Morgan fingerprint density at radius 2 is 1.82 bits per heavy atom. The summed E-state index contributed by atoms with van der Waals surface area (Å²) in [6.45, 7) is 22.1. The molecule has 45 heavy (non-hydrogen) atoms. The third-order valence-corrected chi connectivity index (χ3v) is 15.8. The fourth-order valence-corrected chi connectivity index (χ4v) is 13.6. The molecule has 5 heteroatoms. The normalized spacial score (nSPS) is 30.1. The highest BCUT2D eigenvalue weighted by atomic mass is 28.3. The van der Waals surface area contributed by atoms with Gasteiger partial charge >= 0.3 is 0 Å². The first-order valence-corrected chi connectivity index (χ1v) is 19.8. The van der Waals surface area contributed by atoms with Crippen LogP contribution in [0.4, 0.5) is 5.69 Å². The number of nitrogens with one attached hydrogen (secondary N) is 1. The molecule has 1 amide bonds. The number of anilines is 1. The zero-order valence-corrected chi connectivity index (χ0v) is 30.9. The molecule has 0 spiro atoms. The van der Waals surface area contributed by atoms with Gasteiger partial charge in [0.25, 0.3) is 0 Å². The fourth-order valence-electron chi connectivity index (χ4n) is 10.5. The van der Waals surface area contributed by atoms with Crippen molar-refractivity contribution in [2.24, 2.45) is 28.6 Å². The van der Waals surface area contributed by atoms with Gasteiger partial charge in [0.1, 0.15) is 0 Å². The molecule has 0 unspecified atom stereocenters. The molecule has 6 rings (SSSR count). The summed E-state index contributed by atoms with van der Waals surface area (Å²) in [7, 11) is -0.930. The van der Waals surface area contributed by atoms with Crippen LogP contribution in [0.15, 0.2) is 41.6 Å². The van der Waals surface area contributed by atoms with Crippen LogP contribution >= 0.6 is 0 Å². The molecule has 1 aromatic carbocycles. The minimum absolute atomic E-state index is 0.148. The first kappa shape index (κ1) is 33.1. The number of fused-ring (bicyclic) bond motifs is 4. The fraction of sp³-hybridized carbons (Fsp3) is 0.725. The lowest BCUT2D eigenvalue weighted by molar-refractivity contribution is -0.144. The van der Waals surface area contributed by atoms with E-state index in [2.05, 4.69) is 103 Å². The SMILES string of the molecule is CC1=C(CCCC(=O)Nc2ccc3c(ccn3C3CC3)c2)[C@@H]2CC[C@H]3C(C)(C)[C@@H](O[Si](C(C)C)C(C)(C)C)CC[C@]3(C)[C@H]2CC1. The van der Waals surface area contributed by atoms with Gasteiger partial charge in [0.05, 0.1) is 6.10 Å². The van der Waals surface area contributed by atoms with E-state index in [9.17, 15) is 4.79 Å². The third-order valence-electron chi connectivity index (χ3n) is 12.7. The van der Waals surface area contributed by atoms with E-state index in [0.717, 1.165) is 24.4 Å². The van der Waals surface area contributed by atoms with Crippen LogP contribution in [-0.2, 0) is 9.22 Å². The number of amides is 1. The van der Waals surface area contributed by atoms with Crippen molar-refractivity contribution in [3.8, 4) is 0 Å². The van der Waals surface area contributed by atoms with Crippen LogP contribution in [0.2, 0.25) is 10.6 Å². The molecule has 1 aromatic heterocycles. The van der Waals surface area contributed by atoms with Gasteiger partial charge in [-0.3, -0.25) is 4.79 Å². The second kappa shape index (κ2) is 12.3. The monoisotopic (exact) mass is 629 g/mol. The average molecular weight is 630 g/mol. The Hall–Kier alpha value is -1.85. The molecule has 1 heterocycles. The van der Waals surface area contributed by atoms with Gasteiger partial charge in [-0.05, 0) is 135 Å². The summed E-state index contributed by atoms with van der Waals surface area (Å²) in [5.74, 6) is 2.31. The number of hydrogen-bond acceptors (Lipinski definition) is 2. The summed E-state index contributed by atoms with van der Waals surface area (Å²) in [5.41, 5.74) is 6.72. The summed E-state index contributed by atoms with van der Waals surface area (Å²) >= 11 is 0. The van der Waals surface area contributed by atoms with E-state index in [1.165, 1.54) is 62.3 Å². The van der Waals surface area contributed by atoms with Crippen LogP contribution in [0.5, 0.6) is 0 Å². The van der Waals surface area contributed by atoms with Gasteiger partial charge in [-0.15, -0.1) is 0 Å². The molecule has 247 valence electrons. The molecule has 0 saturated heterocycles. The highest BCUT2D eigenvalue weighted by Crippen LogP contribution is 2.65. The molecule has 0 bridgehead atoms. The largest absolute Gasteiger partial charge is 0.412 e. The van der Waals surface area contributed by atoms with Crippen molar-refractivity contribution < 1.29 is 9.22 Å². The molecule has 4 aliphatic rings. The Bertz CT molecular complexity index is 1430. The molecule has 4 nitrogen and oxygen atoms in total. The van der Waals surface area contributed by atoms with Crippen LogP contribution in [-0.4, -0.2) is 25.6 Å². The Labute approximate surface area is 275 Å². The molecule has 1 N–H and O–H groups in total. The number of carbonyl (C=O) groups is 1. The zero-order chi connectivity index (χ0) is 32.3. The maximum absolute atomic E-state index is 13.1. The van der Waals surface area contributed by atoms with Gasteiger partial charge in [0, 0.05) is 35.2 Å². The number of benzene rings is 1. The highest BCUT2D eigenvalue weighted by molar-refractivity contribution is 6.56. The molecular formula is C40H61N2O2Si. The maximum Gasteiger partial charge on any atom is 0.224 e. The van der Waals surface area contributed by atoms with Crippen molar-refractivity contribution in [3.05, 3.63) is 41.6 Å². The van der Waals surface area contributed by atoms with E-state index in [0.29, 0.717) is 41.4 Å². The first-order valence-electron chi connectivity index (χ1n) is 18.3. The lowest BCUT2D eigenvalue weighted by atomic mass is 9.43. The summed E-state index contributed by atoms with van der Waals surface area (Å²) in [5, 5.41) is 4.68. The Kier molecular flexibility index (Phi) is 9.04. The van der Waals surface area contributed by atoms with Crippen molar-refractivity contribution in [2.75, 3.05) is 5.32 Å². The lowest BCUT2D eigenvalue weighted by Gasteiger charge is -2.63.